The first kappa shape index (κ1) is 10.8. The third-order valence-corrected chi connectivity index (χ3v) is 4.13. The lowest BCUT2D eigenvalue weighted by atomic mass is 10.1. The lowest BCUT2D eigenvalue weighted by molar-refractivity contribution is 0.278. The van der Waals surface area contributed by atoms with E-state index in [1.807, 2.05) is 11.8 Å². The Morgan fingerprint density at radius 1 is 1.53 bits per heavy atom. The predicted molar refractivity (Wildman–Crippen MR) is 65.8 cm³/mol. The SMILES string of the molecule is Cc1ccc2c(c1)SCC(CCO)N2C. The molecular weight excluding hydrogens is 206 g/mol. The highest BCUT2D eigenvalue weighted by molar-refractivity contribution is 7.99. The van der Waals surface area contributed by atoms with Crippen molar-refractivity contribution in [2.75, 3.05) is 24.3 Å². The molecule has 1 atom stereocenters. The fraction of sp³-hybridized carbons (Fsp3) is 0.500. The molecule has 1 aliphatic rings. The van der Waals surface area contributed by atoms with Crippen LogP contribution in [-0.2, 0) is 0 Å². The van der Waals surface area contributed by atoms with E-state index in [9.17, 15) is 0 Å². The van der Waals surface area contributed by atoms with Crippen LogP contribution in [0, 0.1) is 6.92 Å². The molecule has 1 unspecified atom stereocenters. The molecule has 82 valence electrons. The first-order valence-corrected chi connectivity index (χ1v) is 6.28. The smallest absolute Gasteiger partial charge is 0.0504 e. The summed E-state index contributed by atoms with van der Waals surface area (Å²) in [6, 6.07) is 7.04. The topological polar surface area (TPSA) is 23.5 Å². The quantitative estimate of drug-likeness (QED) is 0.832. The van der Waals surface area contributed by atoms with E-state index in [2.05, 4.69) is 37.1 Å². The summed E-state index contributed by atoms with van der Waals surface area (Å²) in [6.07, 6.45) is 0.858. The lowest BCUT2D eigenvalue weighted by Gasteiger charge is -2.35. The Morgan fingerprint density at radius 2 is 2.33 bits per heavy atom. The maximum absolute atomic E-state index is 8.99. The van der Waals surface area contributed by atoms with Crippen LogP contribution in [-0.4, -0.2) is 30.6 Å². The molecule has 0 saturated carbocycles. The minimum absolute atomic E-state index is 0.275. The van der Waals surface area contributed by atoms with Crippen LogP contribution in [0.25, 0.3) is 0 Å². The molecule has 0 saturated heterocycles. The minimum Gasteiger partial charge on any atom is -0.396 e. The first-order valence-electron chi connectivity index (χ1n) is 5.29. The van der Waals surface area contributed by atoms with Crippen LogP contribution in [0.3, 0.4) is 0 Å². The number of fused-ring (bicyclic) bond motifs is 1. The zero-order valence-electron chi connectivity index (χ0n) is 9.23. The number of aliphatic hydroxyl groups is 1. The summed E-state index contributed by atoms with van der Waals surface area (Å²) in [6.45, 7) is 2.40. The summed E-state index contributed by atoms with van der Waals surface area (Å²) in [7, 11) is 2.12. The maximum Gasteiger partial charge on any atom is 0.0504 e. The van der Waals surface area contributed by atoms with Gasteiger partial charge in [-0.1, -0.05) is 6.07 Å². The molecule has 0 bridgehead atoms. The number of anilines is 1. The minimum atomic E-state index is 0.275. The molecule has 0 radical (unpaired) electrons. The average molecular weight is 223 g/mol. The van der Waals surface area contributed by atoms with Crippen molar-refractivity contribution < 1.29 is 5.11 Å². The number of thioether (sulfide) groups is 1. The number of aliphatic hydroxyl groups excluding tert-OH is 1. The Kier molecular flexibility index (Phi) is 3.22. The number of hydrogen-bond donors (Lipinski definition) is 1. The van der Waals surface area contributed by atoms with Crippen LogP contribution in [0.5, 0.6) is 0 Å². The van der Waals surface area contributed by atoms with Gasteiger partial charge in [-0.15, -0.1) is 11.8 Å². The molecule has 2 rings (SSSR count). The molecule has 1 heterocycles. The van der Waals surface area contributed by atoms with E-state index in [1.165, 1.54) is 16.1 Å². The van der Waals surface area contributed by atoms with Crippen molar-refractivity contribution in [3.8, 4) is 0 Å². The summed E-state index contributed by atoms with van der Waals surface area (Å²) in [5.41, 5.74) is 2.62. The van der Waals surface area contributed by atoms with E-state index in [-0.39, 0.29) is 6.61 Å². The van der Waals surface area contributed by atoms with Gasteiger partial charge in [-0.2, -0.15) is 0 Å². The highest BCUT2D eigenvalue weighted by Crippen LogP contribution is 2.37. The normalized spacial score (nSPS) is 20.2. The molecule has 1 aliphatic heterocycles. The van der Waals surface area contributed by atoms with Crippen LogP contribution in [0.1, 0.15) is 12.0 Å². The average Bonchev–Trinajstić information content (AvgIpc) is 2.22. The van der Waals surface area contributed by atoms with Crippen LogP contribution in [0.4, 0.5) is 5.69 Å². The van der Waals surface area contributed by atoms with E-state index in [4.69, 9.17) is 5.11 Å². The van der Waals surface area contributed by atoms with Crippen molar-refractivity contribution in [3.05, 3.63) is 23.8 Å². The Hall–Kier alpha value is -0.670. The number of benzene rings is 1. The second-order valence-corrected chi connectivity index (χ2v) is 5.12. The molecule has 0 spiro atoms. The fourth-order valence-corrected chi connectivity index (χ4v) is 3.34. The van der Waals surface area contributed by atoms with Crippen molar-refractivity contribution in [2.24, 2.45) is 0 Å². The van der Waals surface area contributed by atoms with Crippen molar-refractivity contribution in [3.63, 3.8) is 0 Å². The van der Waals surface area contributed by atoms with E-state index in [1.54, 1.807) is 0 Å². The van der Waals surface area contributed by atoms with Gasteiger partial charge < -0.3 is 10.0 Å². The van der Waals surface area contributed by atoms with Crippen LogP contribution < -0.4 is 4.90 Å². The van der Waals surface area contributed by atoms with E-state index < -0.39 is 0 Å². The molecule has 0 amide bonds. The van der Waals surface area contributed by atoms with Gasteiger partial charge in [0, 0.05) is 30.3 Å². The lowest BCUT2D eigenvalue weighted by Crippen LogP contribution is -2.37. The number of nitrogens with zero attached hydrogens (tertiary/aromatic N) is 1. The van der Waals surface area contributed by atoms with Crippen molar-refractivity contribution in [1.29, 1.82) is 0 Å². The zero-order valence-corrected chi connectivity index (χ0v) is 10.0. The largest absolute Gasteiger partial charge is 0.396 e. The van der Waals surface area contributed by atoms with Gasteiger partial charge in [0.05, 0.1) is 5.69 Å². The van der Waals surface area contributed by atoms with Crippen LogP contribution in [0.2, 0.25) is 0 Å². The van der Waals surface area contributed by atoms with Gasteiger partial charge >= 0.3 is 0 Å². The van der Waals surface area contributed by atoms with Gasteiger partial charge in [-0.25, -0.2) is 0 Å². The van der Waals surface area contributed by atoms with Gasteiger partial charge in [0.15, 0.2) is 0 Å². The van der Waals surface area contributed by atoms with E-state index in [0.29, 0.717) is 6.04 Å². The fourth-order valence-electron chi connectivity index (χ4n) is 1.95. The molecule has 0 aromatic heterocycles. The standard InChI is InChI=1S/C12H17NOS/c1-9-3-4-11-12(7-9)15-8-10(5-6-14)13(11)2/h3-4,7,10,14H,5-6,8H2,1-2H3. The highest BCUT2D eigenvalue weighted by atomic mass is 32.2. The summed E-state index contributed by atoms with van der Waals surface area (Å²) >= 11 is 1.90. The Labute approximate surface area is 95.3 Å². The monoisotopic (exact) mass is 223 g/mol. The first-order chi connectivity index (χ1) is 7.22. The summed E-state index contributed by atoms with van der Waals surface area (Å²) in [5.74, 6) is 1.08. The van der Waals surface area contributed by atoms with Crippen LogP contribution in [0.15, 0.2) is 23.1 Å². The van der Waals surface area contributed by atoms with Crippen molar-refractivity contribution in [2.45, 2.75) is 24.3 Å². The van der Waals surface area contributed by atoms with Crippen molar-refractivity contribution in [1.82, 2.24) is 0 Å². The Bertz CT molecular complexity index is 353. The highest BCUT2D eigenvalue weighted by Gasteiger charge is 2.23. The molecule has 1 aromatic rings. The Balaban J connectivity index is 2.26. The number of aryl methyl sites for hydroxylation is 1. The number of hydrogen-bond acceptors (Lipinski definition) is 3. The van der Waals surface area contributed by atoms with Gasteiger partial charge in [-0.3, -0.25) is 0 Å². The zero-order chi connectivity index (χ0) is 10.8. The second kappa shape index (κ2) is 4.45. The summed E-state index contributed by atoms with van der Waals surface area (Å²) < 4.78 is 0. The van der Waals surface area contributed by atoms with Gasteiger partial charge in [0.25, 0.3) is 0 Å². The number of rotatable bonds is 2. The molecule has 15 heavy (non-hydrogen) atoms. The molecule has 1 aromatic carbocycles. The molecule has 2 nitrogen and oxygen atoms in total. The second-order valence-electron chi connectivity index (χ2n) is 4.06. The predicted octanol–water partition coefficient (Wildman–Crippen LogP) is 2.29. The third kappa shape index (κ3) is 2.13. The third-order valence-electron chi connectivity index (χ3n) is 2.94. The Morgan fingerprint density at radius 3 is 3.07 bits per heavy atom. The van der Waals surface area contributed by atoms with Gasteiger partial charge in [-0.05, 0) is 31.0 Å². The van der Waals surface area contributed by atoms with Gasteiger partial charge in [0.2, 0.25) is 0 Å². The summed E-state index contributed by atoms with van der Waals surface area (Å²) in [5, 5.41) is 8.99. The molecule has 3 heteroatoms. The maximum atomic E-state index is 8.99. The van der Waals surface area contributed by atoms with Crippen LogP contribution >= 0.6 is 11.8 Å². The molecule has 0 fully saturated rings. The van der Waals surface area contributed by atoms with E-state index in [0.717, 1.165) is 12.2 Å². The molecule has 0 aliphatic carbocycles. The van der Waals surface area contributed by atoms with Gasteiger partial charge in [0.1, 0.15) is 0 Å². The molecule has 1 N–H and O–H groups in total. The molecular formula is C12H17NOS. The van der Waals surface area contributed by atoms with E-state index >= 15 is 0 Å². The summed E-state index contributed by atoms with van der Waals surface area (Å²) in [4.78, 5) is 3.66. The van der Waals surface area contributed by atoms with Crippen molar-refractivity contribution >= 4 is 17.4 Å².